The van der Waals surface area contributed by atoms with Crippen molar-refractivity contribution >= 4 is 10.0 Å². The van der Waals surface area contributed by atoms with E-state index in [-0.39, 0.29) is 23.7 Å². The van der Waals surface area contributed by atoms with Crippen molar-refractivity contribution in [2.45, 2.75) is 50.8 Å². The summed E-state index contributed by atoms with van der Waals surface area (Å²) in [4.78, 5) is 4.07. The van der Waals surface area contributed by atoms with Crippen molar-refractivity contribution in [3.05, 3.63) is 30.4 Å². The summed E-state index contributed by atoms with van der Waals surface area (Å²) in [5, 5.41) is 8.02. The number of ether oxygens (including phenoxy) is 1. The van der Waals surface area contributed by atoms with Crippen LogP contribution in [-0.4, -0.2) is 51.7 Å². The number of imidazole rings is 1. The third kappa shape index (κ3) is 3.98. The molecule has 1 aliphatic heterocycles. The van der Waals surface area contributed by atoms with Gasteiger partial charge in [0.25, 0.3) is 10.0 Å². The summed E-state index contributed by atoms with van der Waals surface area (Å²) in [6, 6.07) is 3.73. The van der Waals surface area contributed by atoms with E-state index in [4.69, 9.17) is 4.74 Å². The number of piperidine rings is 1. The molecule has 1 fully saturated rings. The molecule has 1 atom stereocenters. The molecule has 0 aromatic carbocycles. The molecule has 3 heterocycles. The van der Waals surface area contributed by atoms with Crippen molar-refractivity contribution in [2.24, 2.45) is 0 Å². The van der Waals surface area contributed by atoms with Crippen LogP contribution in [0.4, 0.5) is 0 Å². The fraction of sp³-hybridized carbons (Fsp3) is 0.562. The standard InChI is InChI=1S/C16H23N5O3S/c1-12(2)20-10-16(17-11-20)25(22,23)21-8-4-5-14(9-21)24-15-7-6-13(3)18-19-15/h6-7,10-12,14H,4-5,8-9H2,1-3H3. The van der Waals surface area contributed by atoms with Crippen LogP contribution in [0.2, 0.25) is 0 Å². The van der Waals surface area contributed by atoms with E-state index in [1.165, 1.54) is 4.31 Å². The molecule has 0 aliphatic carbocycles. The lowest BCUT2D eigenvalue weighted by Crippen LogP contribution is -2.44. The molecule has 1 saturated heterocycles. The maximum absolute atomic E-state index is 12.8. The van der Waals surface area contributed by atoms with Crippen molar-refractivity contribution in [1.82, 2.24) is 24.1 Å². The lowest BCUT2D eigenvalue weighted by atomic mass is 10.1. The summed E-state index contributed by atoms with van der Waals surface area (Å²) < 4.78 is 34.7. The first kappa shape index (κ1) is 17.8. The highest BCUT2D eigenvalue weighted by atomic mass is 32.2. The second-order valence-electron chi connectivity index (χ2n) is 6.51. The predicted molar refractivity (Wildman–Crippen MR) is 91.8 cm³/mol. The van der Waals surface area contributed by atoms with E-state index in [0.717, 1.165) is 18.5 Å². The van der Waals surface area contributed by atoms with Crippen molar-refractivity contribution < 1.29 is 13.2 Å². The summed E-state index contributed by atoms with van der Waals surface area (Å²) in [6.45, 7) is 6.56. The molecule has 9 heteroatoms. The summed E-state index contributed by atoms with van der Waals surface area (Å²) >= 11 is 0. The number of rotatable bonds is 5. The Balaban J connectivity index is 1.72. The van der Waals surface area contributed by atoms with E-state index in [0.29, 0.717) is 12.4 Å². The Bertz CT molecular complexity index is 817. The van der Waals surface area contributed by atoms with E-state index < -0.39 is 10.0 Å². The molecular weight excluding hydrogens is 342 g/mol. The monoisotopic (exact) mass is 365 g/mol. The van der Waals surface area contributed by atoms with Gasteiger partial charge in [-0.1, -0.05) is 0 Å². The summed E-state index contributed by atoms with van der Waals surface area (Å²) in [7, 11) is -3.62. The zero-order valence-electron chi connectivity index (χ0n) is 14.7. The number of hydrogen-bond donors (Lipinski definition) is 0. The molecular formula is C16H23N5O3S. The molecule has 3 rings (SSSR count). The molecule has 0 radical (unpaired) electrons. The van der Waals surface area contributed by atoms with Gasteiger partial charge < -0.3 is 9.30 Å². The number of aromatic nitrogens is 4. The Labute approximate surface area is 147 Å². The third-order valence-corrected chi connectivity index (χ3v) is 5.93. The van der Waals surface area contributed by atoms with Gasteiger partial charge in [0.1, 0.15) is 6.10 Å². The lowest BCUT2D eigenvalue weighted by molar-refractivity contribution is 0.123. The quantitative estimate of drug-likeness (QED) is 0.802. The smallest absolute Gasteiger partial charge is 0.262 e. The number of nitrogens with zero attached hydrogens (tertiary/aromatic N) is 5. The van der Waals surface area contributed by atoms with Crippen molar-refractivity contribution in [2.75, 3.05) is 13.1 Å². The van der Waals surface area contributed by atoms with Crippen LogP contribution in [0, 0.1) is 6.92 Å². The molecule has 1 aliphatic rings. The van der Waals surface area contributed by atoms with Gasteiger partial charge in [0.05, 0.1) is 18.6 Å². The SMILES string of the molecule is Cc1ccc(OC2CCCN(S(=O)(=O)c3cn(C(C)C)cn3)C2)nn1. The van der Waals surface area contributed by atoms with E-state index >= 15 is 0 Å². The Hall–Kier alpha value is -2.00. The van der Waals surface area contributed by atoms with Crippen LogP contribution in [0.25, 0.3) is 0 Å². The first-order chi connectivity index (χ1) is 11.9. The van der Waals surface area contributed by atoms with Gasteiger partial charge >= 0.3 is 0 Å². The Morgan fingerprint density at radius 2 is 2.08 bits per heavy atom. The Morgan fingerprint density at radius 3 is 2.72 bits per heavy atom. The van der Waals surface area contributed by atoms with Gasteiger partial charge in [-0.3, -0.25) is 0 Å². The zero-order chi connectivity index (χ0) is 18.0. The molecule has 0 N–H and O–H groups in total. The summed E-state index contributed by atoms with van der Waals surface area (Å²) in [5.41, 5.74) is 0.806. The molecule has 136 valence electrons. The minimum Gasteiger partial charge on any atom is -0.472 e. The molecule has 25 heavy (non-hydrogen) atoms. The van der Waals surface area contributed by atoms with Crippen molar-refractivity contribution in [1.29, 1.82) is 0 Å². The van der Waals surface area contributed by atoms with Gasteiger partial charge in [0.15, 0.2) is 5.03 Å². The molecule has 8 nitrogen and oxygen atoms in total. The van der Waals surface area contributed by atoms with Gasteiger partial charge in [0.2, 0.25) is 5.88 Å². The highest BCUT2D eigenvalue weighted by molar-refractivity contribution is 7.89. The second kappa shape index (κ2) is 7.09. The number of aryl methyl sites for hydroxylation is 1. The molecule has 0 spiro atoms. The first-order valence-corrected chi connectivity index (χ1v) is 9.81. The fourth-order valence-corrected chi connectivity index (χ4v) is 4.14. The van der Waals surface area contributed by atoms with E-state index in [1.54, 1.807) is 23.2 Å². The molecule has 0 saturated carbocycles. The Kier molecular flexibility index (Phi) is 5.05. The normalized spacial score (nSPS) is 19.3. The topological polar surface area (TPSA) is 90.2 Å². The van der Waals surface area contributed by atoms with Crippen LogP contribution in [0.15, 0.2) is 29.7 Å². The average molecular weight is 365 g/mol. The molecule has 0 bridgehead atoms. The van der Waals surface area contributed by atoms with Gasteiger partial charge in [-0.2, -0.15) is 9.40 Å². The first-order valence-electron chi connectivity index (χ1n) is 8.37. The fourth-order valence-electron chi connectivity index (χ4n) is 2.71. The summed E-state index contributed by atoms with van der Waals surface area (Å²) in [5.74, 6) is 0.416. The Morgan fingerprint density at radius 1 is 1.28 bits per heavy atom. The average Bonchev–Trinajstić information content (AvgIpc) is 3.08. The van der Waals surface area contributed by atoms with Crippen LogP contribution in [-0.2, 0) is 10.0 Å². The van der Waals surface area contributed by atoms with Crippen molar-refractivity contribution in [3.63, 3.8) is 0 Å². The lowest BCUT2D eigenvalue weighted by Gasteiger charge is -2.31. The number of hydrogen-bond acceptors (Lipinski definition) is 6. The van der Waals surface area contributed by atoms with E-state index in [2.05, 4.69) is 15.2 Å². The predicted octanol–water partition coefficient (Wildman–Crippen LogP) is 1.79. The molecule has 1 unspecified atom stereocenters. The van der Waals surface area contributed by atoms with E-state index in [1.807, 2.05) is 26.8 Å². The van der Waals surface area contributed by atoms with Crippen LogP contribution < -0.4 is 4.74 Å². The van der Waals surface area contributed by atoms with Crippen molar-refractivity contribution in [3.8, 4) is 5.88 Å². The van der Waals surface area contributed by atoms with Crippen LogP contribution in [0.5, 0.6) is 5.88 Å². The minimum absolute atomic E-state index is 0.0805. The largest absolute Gasteiger partial charge is 0.472 e. The highest BCUT2D eigenvalue weighted by Gasteiger charge is 2.33. The second-order valence-corrected chi connectivity index (χ2v) is 8.40. The minimum atomic E-state index is -3.62. The van der Waals surface area contributed by atoms with Gasteiger partial charge in [-0.25, -0.2) is 13.4 Å². The summed E-state index contributed by atoms with van der Waals surface area (Å²) in [6.07, 6.45) is 4.40. The maximum atomic E-state index is 12.8. The molecule has 0 amide bonds. The van der Waals surface area contributed by atoms with Gasteiger partial charge in [-0.05, 0) is 39.7 Å². The number of sulfonamides is 1. The van der Waals surface area contributed by atoms with E-state index in [9.17, 15) is 8.42 Å². The maximum Gasteiger partial charge on any atom is 0.262 e. The molecule has 2 aromatic heterocycles. The van der Waals surface area contributed by atoms with Crippen LogP contribution >= 0.6 is 0 Å². The third-order valence-electron chi connectivity index (χ3n) is 4.18. The zero-order valence-corrected chi connectivity index (χ0v) is 15.5. The van der Waals surface area contributed by atoms with Gasteiger partial charge in [0, 0.05) is 24.8 Å². The highest BCUT2D eigenvalue weighted by Crippen LogP contribution is 2.22. The van der Waals surface area contributed by atoms with Gasteiger partial charge in [-0.15, -0.1) is 5.10 Å². The molecule has 2 aromatic rings. The van der Waals surface area contributed by atoms with Crippen LogP contribution in [0.1, 0.15) is 38.4 Å². The van der Waals surface area contributed by atoms with Crippen LogP contribution in [0.3, 0.4) is 0 Å².